The lowest BCUT2D eigenvalue weighted by atomic mass is 9.49. The van der Waals surface area contributed by atoms with Crippen LogP contribution in [0.3, 0.4) is 0 Å². The monoisotopic (exact) mass is 289 g/mol. The fourth-order valence-corrected chi connectivity index (χ4v) is 6.60. The molecule has 0 aliphatic heterocycles. The summed E-state index contributed by atoms with van der Waals surface area (Å²) in [6, 6.07) is 5.70. The van der Waals surface area contributed by atoms with Crippen LogP contribution in [0.2, 0.25) is 0 Å². The fourth-order valence-electron chi connectivity index (χ4n) is 5.49. The zero-order valence-corrected chi connectivity index (χ0v) is 12.8. The SMILES string of the molecule is [O-][n+]1ccccc1SCCC12CC3CC(CC(C3)C1)C2. The van der Waals surface area contributed by atoms with Gasteiger partial charge in [-0.25, -0.2) is 0 Å². The van der Waals surface area contributed by atoms with Crippen molar-refractivity contribution >= 4 is 11.8 Å². The minimum Gasteiger partial charge on any atom is -0.618 e. The summed E-state index contributed by atoms with van der Waals surface area (Å²) in [7, 11) is 0. The summed E-state index contributed by atoms with van der Waals surface area (Å²) < 4.78 is 1.00. The lowest BCUT2D eigenvalue weighted by Gasteiger charge is -2.57. The maximum Gasteiger partial charge on any atom is 0.251 e. The highest BCUT2D eigenvalue weighted by Crippen LogP contribution is 2.61. The van der Waals surface area contributed by atoms with E-state index in [2.05, 4.69) is 0 Å². The molecule has 0 radical (unpaired) electrons. The first-order chi connectivity index (χ1) is 9.72. The zero-order chi connectivity index (χ0) is 13.6. The number of thioether (sulfide) groups is 1. The molecular weight excluding hydrogens is 266 g/mol. The summed E-state index contributed by atoms with van der Waals surface area (Å²) in [4.78, 5) is 0. The van der Waals surface area contributed by atoms with Gasteiger partial charge in [0.1, 0.15) is 0 Å². The summed E-state index contributed by atoms with van der Waals surface area (Å²) in [6.45, 7) is 0. The van der Waals surface area contributed by atoms with Crippen LogP contribution < -0.4 is 4.73 Å². The van der Waals surface area contributed by atoms with Crippen LogP contribution in [0.25, 0.3) is 0 Å². The largest absolute Gasteiger partial charge is 0.618 e. The highest BCUT2D eigenvalue weighted by Gasteiger charge is 2.50. The zero-order valence-electron chi connectivity index (χ0n) is 12.0. The molecule has 4 bridgehead atoms. The normalized spacial score (nSPS) is 38.3. The molecule has 0 spiro atoms. The Kier molecular flexibility index (Phi) is 3.21. The van der Waals surface area contributed by atoms with E-state index in [9.17, 15) is 5.21 Å². The van der Waals surface area contributed by atoms with Crippen LogP contribution in [0.1, 0.15) is 44.9 Å². The van der Waals surface area contributed by atoms with Crippen LogP contribution in [-0.2, 0) is 0 Å². The second-order valence-corrected chi connectivity index (χ2v) is 8.50. The third-order valence-electron chi connectivity index (χ3n) is 5.84. The number of hydrogen-bond acceptors (Lipinski definition) is 2. The van der Waals surface area contributed by atoms with E-state index in [4.69, 9.17) is 0 Å². The summed E-state index contributed by atoms with van der Waals surface area (Å²) >= 11 is 1.75. The summed E-state index contributed by atoms with van der Waals surface area (Å²) in [5.74, 6) is 4.21. The van der Waals surface area contributed by atoms with Crippen molar-refractivity contribution in [1.82, 2.24) is 0 Å². The van der Waals surface area contributed by atoms with Crippen LogP contribution >= 0.6 is 11.8 Å². The Morgan fingerprint density at radius 1 is 1.10 bits per heavy atom. The molecule has 4 saturated carbocycles. The van der Waals surface area contributed by atoms with Gasteiger partial charge in [-0.15, -0.1) is 0 Å². The molecule has 0 atom stereocenters. The average molecular weight is 289 g/mol. The van der Waals surface area contributed by atoms with Gasteiger partial charge in [0.05, 0.1) is 0 Å². The number of nitrogens with zero attached hydrogens (tertiary/aromatic N) is 1. The van der Waals surface area contributed by atoms with Gasteiger partial charge in [0.2, 0.25) is 0 Å². The van der Waals surface area contributed by atoms with Crippen LogP contribution in [0.4, 0.5) is 0 Å². The van der Waals surface area contributed by atoms with Crippen molar-refractivity contribution in [3.8, 4) is 0 Å². The van der Waals surface area contributed by atoms with E-state index in [0.29, 0.717) is 5.41 Å². The van der Waals surface area contributed by atoms with E-state index in [-0.39, 0.29) is 0 Å². The second kappa shape index (κ2) is 4.94. The van der Waals surface area contributed by atoms with Crippen molar-refractivity contribution < 1.29 is 4.73 Å². The van der Waals surface area contributed by atoms with Crippen LogP contribution in [0, 0.1) is 28.4 Å². The quantitative estimate of drug-likeness (QED) is 0.475. The van der Waals surface area contributed by atoms with Gasteiger partial charge in [0.15, 0.2) is 6.20 Å². The minimum atomic E-state index is 0.643. The molecule has 4 aliphatic carbocycles. The molecule has 1 heterocycles. The lowest BCUT2D eigenvalue weighted by molar-refractivity contribution is -0.645. The average Bonchev–Trinajstić information content (AvgIpc) is 2.39. The number of hydrogen-bond donors (Lipinski definition) is 0. The Hall–Kier alpha value is -0.700. The Morgan fingerprint density at radius 2 is 1.75 bits per heavy atom. The van der Waals surface area contributed by atoms with Crippen LogP contribution in [0.15, 0.2) is 29.4 Å². The van der Waals surface area contributed by atoms with Crippen LogP contribution in [0.5, 0.6) is 0 Å². The summed E-state index contributed by atoms with van der Waals surface area (Å²) in [5.41, 5.74) is 0.643. The molecule has 4 aliphatic rings. The second-order valence-electron chi connectivity index (χ2n) is 7.38. The summed E-state index contributed by atoms with van der Waals surface area (Å²) in [6.07, 6.45) is 11.9. The number of pyridine rings is 1. The highest BCUT2D eigenvalue weighted by molar-refractivity contribution is 7.99. The van der Waals surface area contributed by atoms with Gasteiger partial charge in [-0.2, -0.15) is 4.73 Å². The maximum atomic E-state index is 11.7. The molecule has 5 rings (SSSR count). The number of aromatic nitrogens is 1. The molecule has 20 heavy (non-hydrogen) atoms. The van der Waals surface area contributed by atoms with E-state index < -0.39 is 0 Å². The van der Waals surface area contributed by atoms with Crippen molar-refractivity contribution in [2.45, 2.75) is 50.0 Å². The standard InChI is InChI=1S/C17H23NOS/c19-18-5-2-1-3-16(18)20-6-4-17-10-13-7-14(11-17)9-15(8-13)12-17/h1-3,5,13-15H,4,6-12H2. The van der Waals surface area contributed by atoms with Gasteiger partial charge >= 0.3 is 0 Å². The fraction of sp³-hybridized carbons (Fsp3) is 0.706. The molecule has 0 aromatic carbocycles. The topological polar surface area (TPSA) is 26.9 Å². The lowest BCUT2D eigenvalue weighted by Crippen LogP contribution is -2.46. The van der Waals surface area contributed by atoms with Gasteiger partial charge < -0.3 is 5.21 Å². The van der Waals surface area contributed by atoms with E-state index in [0.717, 1.165) is 33.3 Å². The van der Waals surface area contributed by atoms with E-state index >= 15 is 0 Å². The maximum absolute atomic E-state index is 11.7. The third kappa shape index (κ3) is 2.34. The van der Waals surface area contributed by atoms with E-state index in [1.54, 1.807) is 24.0 Å². The molecule has 0 N–H and O–H groups in total. The van der Waals surface area contributed by atoms with Crippen LogP contribution in [-0.4, -0.2) is 5.75 Å². The predicted octanol–water partition coefficient (Wildman–Crippen LogP) is 4.02. The molecule has 2 nitrogen and oxygen atoms in total. The molecule has 4 fully saturated rings. The van der Waals surface area contributed by atoms with E-state index in [1.165, 1.54) is 44.9 Å². The third-order valence-corrected chi connectivity index (χ3v) is 6.86. The van der Waals surface area contributed by atoms with Gasteiger partial charge in [-0.05, 0) is 74.2 Å². The Labute approximate surface area is 125 Å². The van der Waals surface area contributed by atoms with Gasteiger partial charge in [0.25, 0.3) is 5.03 Å². The van der Waals surface area contributed by atoms with Crippen molar-refractivity contribution in [3.05, 3.63) is 29.6 Å². The first kappa shape index (κ1) is 13.0. The van der Waals surface area contributed by atoms with Gasteiger partial charge in [-0.1, -0.05) is 11.8 Å². The smallest absolute Gasteiger partial charge is 0.251 e. The molecule has 1 aromatic heterocycles. The molecule has 1 aromatic rings. The molecule has 3 heteroatoms. The van der Waals surface area contributed by atoms with E-state index in [1.807, 2.05) is 12.1 Å². The molecule has 0 amide bonds. The highest BCUT2D eigenvalue weighted by atomic mass is 32.2. The van der Waals surface area contributed by atoms with Crippen molar-refractivity contribution in [2.24, 2.45) is 23.2 Å². The predicted molar refractivity (Wildman–Crippen MR) is 81.3 cm³/mol. The van der Waals surface area contributed by atoms with Crippen molar-refractivity contribution in [2.75, 3.05) is 5.75 Å². The molecule has 0 unspecified atom stereocenters. The molecule has 108 valence electrons. The summed E-state index contributed by atoms with van der Waals surface area (Å²) in [5, 5.41) is 12.5. The molecular formula is C17H23NOS. The number of rotatable bonds is 4. The first-order valence-electron chi connectivity index (χ1n) is 8.03. The van der Waals surface area contributed by atoms with Crippen molar-refractivity contribution in [3.63, 3.8) is 0 Å². The first-order valence-corrected chi connectivity index (χ1v) is 9.02. The van der Waals surface area contributed by atoms with Crippen molar-refractivity contribution in [1.29, 1.82) is 0 Å². The van der Waals surface area contributed by atoms with Gasteiger partial charge in [0, 0.05) is 17.9 Å². The van der Waals surface area contributed by atoms with Gasteiger partial charge in [-0.3, -0.25) is 0 Å². The Morgan fingerprint density at radius 3 is 2.35 bits per heavy atom. The Balaban J connectivity index is 1.39. The molecule has 0 saturated heterocycles. The Bertz CT molecular complexity index is 466. The minimum absolute atomic E-state index is 0.643.